The fourth-order valence-corrected chi connectivity index (χ4v) is 2.30. The summed E-state index contributed by atoms with van der Waals surface area (Å²) in [6.07, 6.45) is 3.26. The predicted octanol–water partition coefficient (Wildman–Crippen LogP) is 2.79. The Morgan fingerprint density at radius 2 is 2.10 bits per heavy atom. The zero-order valence-electron chi connectivity index (χ0n) is 11.2. The van der Waals surface area contributed by atoms with Crippen LogP contribution in [0.5, 0.6) is 0 Å². The lowest BCUT2D eigenvalue weighted by atomic mass is 10.2. The van der Waals surface area contributed by atoms with Gasteiger partial charge in [0.25, 0.3) is 5.91 Å². The van der Waals surface area contributed by atoms with E-state index in [-0.39, 0.29) is 5.91 Å². The SMILES string of the molecule is CNc1ccn2ncc(C(=O)Nc3ccccc3Br)c2n1. The second-order valence-corrected chi connectivity index (χ2v) is 5.18. The van der Waals surface area contributed by atoms with Gasteiger partial charge < -0.3 is 10.6 Å². The van der Waals surface area contributed by atoms with Gasteiger partial charge in [-0.3, -0.25) is 4.79 Å². The summed E-state index contributed by atoms with van der Waals surface area (Å²) in [5.74, 6) is 0.426. The molecule has 0 bridgehead atoms. The van der Waals surface area contributed by atoms with E-state index in [4.69, 9.17) is 0 Å². The molecule has 2 aromatic heterocycles. The van der Waals surface area contributed by atoms with Crippen LogP contribution in [0.3, 0.4) is 0 Å². The number of halogens is 1. The Bertz CT molecular complexity index is 814. The third-order valence-electron chi connectivity index (χ3n) is 2.99. The minimum atomic E-state index is -0.252. The summed E-state index contributed by atoms with van der Waals surface area (Å²) in [7, 11) is 1.77. The smallest absolute Gasteiger partial charge is 0.261 e. The number of rotatable bonds is 3. The van der Waals surface area contributed by atoms with Crippen molar-refractivity contribution < 1.29 is 4.79 Å². The molecule has 2 heterocycles. The number of nitrogens with zero attached hydrogens (tertiary/aromatic N) is 3. The van der Waals surface area contributed by atoms with Gasteiger partial charge >= 0.3 is 0 Å². The molecule has 0 atom stereocenters. The van der Waals surface area contributed by atoms with Gasteiger partial charge in [0.1, 0.15) is 11.4 Å². The van der Waals surface area contributed by atoms with E-state index < -0.39 is 0 Å². The van der Waals surface area contributed by atoms with Crippen molar-refractivity contribution in [3.63, 3.8) is 0 Å². The molecule has 2 N–H and O–H groups in total. The number of fused-ring (bicyclic) bond motifs is 1. The fourth-order valence-electron chi connectivity index (χ4n) is 1.92. The maximum atomic E-state index is 12.4. The van der Waals surface area contributed by atoms with E-state index in [2.05, 4.69) is 36.6 Å². The molecule has 0 aliphatic heterocycles. The van der Waals surface area contributed by atoms with Crippen LogP contribution in [0, 0.1) is 0 Å². The molecule has 6 nitrogen and oxygen atoms in total. The predicted molar refractivity (Wildman–Crippen MR) is 84.6 cm³/mol. The number of benzene rings is 1. The number of hydrogen-bond donors (Lipinski definition) is 2. The molecule has 0 unspecified atom stereocenters. The number of para-hydroxylation sites is 1. The van der Waals surface area contributed by atoms with Gasteiger partial charge in [0.05, 0.1) is 11.9 Å². The van der Waals surface area contributed by atoms with Gasteiger partial charge in [0.2, 0.25) is 0 Å². The number of aromatic nitrogens is 3. The van der Waals surface area contributed by atoms with Crippen LogP contribution in [0.1, 0.15) is 10.4 Å². The first-order chi connectivity index (χ1) is 10.2. The first-order valence-corrected chi connectivity index (χ1v) is 7.06. The Morgan fingerprint density at radius 3 is 2.86 bits per heavy atom. The van der Waals surface area contributed by atoms with Gasteiger partial charge in [-0.25, -0.2) is 9.50 Å². The summed E-state index contributed by atoms with van der Waals surface area (Å²) in [6.45, 7) is 0. The molecule has 0 aliphatic carbocycles. The Balaban J connectivity index is 1.96. The fraction of sp³-hybridized carbons (Fsp3) is 0.0714. The second-order valence-electron chi connectivity index (χ2n) is 4.32. The molecule has 0 radical (unpaired) electrons. The van der Waals surface area contributed by atoms with Gasteiger partial charge in [0.15, 0.2) is 5.65 Å². The van der Waals surface area contributed by atoms with Crippen LogP contribution >= 0.6 is 15.9 Å². The van der Waals surface area contributed by atoms with Gasteiger partial charge in [0, 0.05) is 17.7 Å². The monoisotopic (exact) mass is 345 g/mol. The van der Waals surface area contributed by atoms with Crippen molar-refractivity contribution >= 4 is 39.0 Å². The minimum absolute atomic E-state index is 0.252. The van der Waals surface area contributed by atoms with E-state index in [9.17, 15) is 4.79 Å². The quantitative estimate of drug-likeness (QED) is 0.765. The Hall–Kier alpha value is -2.41. The molecule has 1 aromatic carbocycles. The number of amides is 1. The maximum Gasteiger partial charge on any atom is 0.261 e. The highest BCUT2D eigenvalue weighted by Gasteiger charge is 2.15. The molecule has 21 heavy (non-hydrogen) atoms. The highest BCUT2D eigenvalue weighted by atomic mass is 79.9. The zero-order valence-corrected chi connectivity index (χ0v) is 12.8. The molecular weight excluding hydrogens is 334 g/mol. The third kappa shape index (κ3) is 2.59. The summed E-state index contributed by atoms with van der Waals surface area (Å²) in [4.78, 5) is 16.8. The molecule has 106 valence electrons. The number of hydrogen-bond acceptors (Lipinski definition) is 4. The van der Waals surface area contributed by atoms with E-state index in [1.54, 1.807) is 23.8 Å². The number of carbonyl (C=O) groups is 1. The molecule has 0 saturated carbocycles. The molecule has 7 heteroatoms. The van der Waals surface area contributed by atoms with Crippen molar-refractivity contribution in [2.24, 2.45) is 0 Å². The Morgan fingerprint density at radius 1 is 1.29 bits per heavy atom. The van der Waals surface area contributed by atoms with Crippen LogP contribution in [0.2, 0.25) is 0 Å². The molecule has 0 spiro atoms. The van der Waals surface area contributed by atoms with E-state index >= 15 is 0 Å². The van der Waals surface area contributed by atoms with Crippen LogP contribution < -0.4 is 10.6 Å². The van der Waals surface area contributed by atoms with Crippen molar-refractivity contribution in [2.75, 3.05) is 17.7 Å². The standard InChI is InChI=1S/C14H12BrN5O/c1-16-12-6-7-20-13(19-12)9(8-17-20)14(21)18-11-5-3-2-4-10(11)15/h2-8H,1H3,(H,16,19)(H,18,21). The minimum Gasteiger partial charge on any atom is -0.373 e. The largest absolute Gasteiger partial charge is 0.373 e. The maximum absolute atomic E-state index is 12.4. The summed E-state index contributed by atoms with van der Waals surface area (Å²) in [5.41, 5.74) is 1.63. The average Bonchev–Trinajstić information content (AvgIpc) is 2.92. The van der Waals surface area contributed by atoms with Crippen molar-refractivity contribution in [2.45, 2.75) is 0 Å². The van der Waals surface area contributed by atoms with Crippen LogP contribution in [0.4, 0.5) is 11.5 Å². The second kappa shape index (κ2) is 5.53. The molecule has 0 fully saturated rings. The number of carbonyl (C=O) groups excluding carboxylic acids is 1. The van der Waals surface area contributed by atoms with E-state index in [0.717, 1.165) is 4.47 Å². The first kappa shape index (κ1) is 13.6. The lowest BCUT2D eigenvalue weighted by Crippen LogP contribution is -2.12. The van der Waals surface area contributed by atoms with Crippen molar-refractivity contribution in [3.8, 4) is 0 Å². The summed E-state index contributed by atoms with van der Waals surface area (Å²) in [5, 5.41) is 9.92. The summed E-state index contributed by atoms with van der Waals surface area (Å²) < 4.78 is 2.38. The van der Waals surface area contributed by atoms with Crippen LogP contribution in [-0.2, 0) is 0 Å². The lowest BCUT2D eigenvalue weighted by Gasteiger charge is -2.06. The molecule has 3 aromatic rings. The molecular formula is C14H12BrN5O. The van der Waals surface area contributed by atoms with Gasteiger partial charge in [-0.05, 0) is 34.1 Å². The highest BCUT2D eigenvalue weighted by Crippen LogP contribution is 2.22. The number of nitrogens with one attached hydrogen (secondary N) is 2. The molecule has 3 rings (SSSR count). The van der Waals surface area contributed by atoms with Crippen molar-refractivity contribution in [1.82, 2.24) is 14.6 Å². The number of anilines is 2. The van der Waals surface area contributed by atoms with Crippen LogP contribution in [-0.4, -0.2) is 27.6 Å². The third-order valence-corrected chi connectivity index (χ3v) is 3.68. The Kier molecular flexibility index (Phi) is 3.57. The average molecular weight is 346 g/mol. The Labute approximate surface area is 129 Å². The normalized spacial score (nSPS) is 10.6. The highest BCUT2D eigenvalue weighted by molar-refractivity contribution is 9.10. The molecule has 0 saturated heterocycles. The lowest BCUT2D eigenvalue weighted by molar-refractivity contribution is 0.102. The molecule has 1 amide bonds. The van der Waals surface area contributed by atoms with Crippen molar-refractivity contribution in [1.29, 1.82) is 0 Å². The van der Waals surface area contributed by atoms with E-state index in [0.29, 0.717) is 22.7 Å². The van der Waals surface area contributed by atoms with Crippen LogP contribution in [0.15, 0.2) is 47.2 Å². The summed E-state index contributed by atoms with van der Waals surface area (Å²) >= 11 is 3.40. The van der Waals surface area contributed by atoms with E-state index in [1.807, 2.05) is 24.3 Å². The van der Waals surface area contributed by atoms with Crippen molar-refractivity contribution in [3.05, 3.63) is 52.8 Å². The van der Waals surface area contributed by atoms with E-state index in [1.165, 1.54) is 6.20 Å². The van der Waals surface area contributed by atoms with Gasteiger partial charge in [-0.15, -0.1) is 0 Å². The van der Waals surface area contributed by atoms with Crippen LogP contribution in [0.25, 0.3) is 5.65 Å². The zero-order chi connectivity index (χ0) is 14.8. The summed E-state index contributed by atoms with van der Waals surface area (Å²) in [6, 6.07) is 9.21. The topological polar surface area (TPSA) is 71.3 Å². The molecule has 0 aliphatic rings. The van der Waals surface area contributed by atoms with Gasteiger partial charge in [-0.1, -0.05) is 12.1 Å². The first-order valence-electron chi connectivity index (χ1n) is 6.27. The van der Waals surface area contributed by atoms with Gasteiger partial charge in [-0.2, -0.15) is 5.10 Å².